The lowest BCUT2D eigenvalue weighted by atomic mass is 10.0. The van der Waals surface area contributed by atoms with Gasteiger partial charge in [0.15, 0.2) is 0 Å². The zero-order valence-corrected chi connectivity index (χ0v) is 9.39. The molecule has 0 aromatic carbocycles. The molecule has 0 aliphatic rings. The Morgan fingerprint density at radius 1 is 1.50 bits per heavy atom. The van der Waals surface area contributed by atoms with Crippen LogP contribution in [0.3, 0.4) is 0 Å². The monoisotopic (exact) mass is 236 g/mol. The topological polar surface area (TPSA) is 26.3 Å². The van der Waals surface area contributed by atoms with E-state index in [1.54, 1.807) is 0 Å². The van der Waals surface area contributed by atoms with Crippen molar-refractivity contribution in [2.24, 2.45) is 5.92 Å². The summed E-state index contributed by atoms with van der Waals surface area (Å²) in [6, 6.07) is 0. The van der Waals surface area contributed by atoms with Crippen molar-refractivity contribution < 1.29 is 9.53 Å². The van der Waals surface area contributed by atoms with Crippen LogP contribution in [-0.4, -0.2) is 17.9 Å². The molecule has 0 saturated heterocycles. The second-order valence-corrected chi connectivity index (χ2v) is 3.72. The number of ether oxygens (including phenoxy) is 1. The smallest absolute Gasteiger partial charge is 0.305 e. The van der Waals surface area contributed by atoms with Gasteiger partial charge in [-0.15, -0.1) is 0 Å². The summed E-state index contributed by atoms with van der Waals surface area (Å²) >= 11 is 3.37. The van der Waals surface area contributed by atoms with Gasteiger partial charge in [0.25, 0.3) is 0 Å². The zero-order valence-electron chi connectivity index (χ0n) is 7.81. The largest absolute Gasteiger partial charge is 0.466 e. The molecule has 3 heteroatoms. The molecule has 0 heterocycles. The van der Waals surface area contributed by atoms with E-state index in [2.05, 4.69) is 22.9 Å². The fourth-order valence-corrected chi connectivity index (χ4v) is 1.71. The fraction of sp³-hybridized carbons (Fsp3) is 0.889. The first-order valence-electron chi connectivity index (χ1n) is 4.42. The van der Waals surface area contributed by atoms with Crippen molar-refractivity contribution in [3.05, 3.63) is 0 Å². The Bertz CT molecular complexity index is 126. The molecule has 1 unspecified atom stereocenters. The van der Waals surface area contributed by atoms with E-state index in [1.165, 1.54) is 0 Å². The SMILES string of the molecule is CCOC(=O)CCC(C)CCBr. The molecular weight excluding hydrogens is 220 g/mol. The number of alkyl halides is 1. The van der Waals surface area contributed by atoms with E-state index in [0.717, 1.165) is 18.2 Å². The molecule has 0 bridgehead atoms. The summed E-state index contributed by atoms with van der Waals surface area (Å²) in [4.78, 5) is 10.9. The maximum atomic E-state index is 10.9. The van der Waals surface area contributed by atoms with E-state index < -0.39 is 0 Å². The molecule has 0 rings (SSSR count). The Balaban J connectivity index is 3.33. The van der Waals surface area contributed by atoms with E-state index in [-0.39, 0.29) is 5.97 Å². The number of esters is 1. The van der Waals surface area contributed by atoms with Gasteiger partial charge >= 0.3 is 5.97 Å². The predicted molar refractivity (Wildman–Crippen MR) is 53.4 cm³/mol. The Morgan fingerprint density at radius 2 is 2.17 bits per heavy atom. The molecule has 0 fully saturated rings. The second kappa shape index (κ2) is 7.59. The van der Waals surface area contributed by atoms with Crippen LogP contribution in [0.4, 0.5) is 0 Å². The van der Waals surface area contributed by atoms with Crippen LogP contribution in [-0.2, 0) is 9.53 Å². The van der Waals surface area contributed by atoms with Gasteiger partial charge in [-0.05, 0) is 25.7 Å². The second-order valence-electron chi connectivity index (χ2n) is 2.93. The van der Waals surface area contributed by atoms with Crippen molar-refractivity contribution in [3.8, 4) is 0 Å². The van der Waals surface area contributed by atoms with Gasteiger partial charge in [-0.2, -0.15) is 0 Å². The highest BCUT2D eigenvalue weighted by atomic mass is 79.9. The first-order valence-corrected chi connectivity index (χ1v) is 5.54. The zero-order chi connectivity index (χ0) is 9.40. The van der Waals surface area contributed by atoms with Gasteiger partial charge in [-0.1, -0.05) is 22.9 Å². The van der Waals surface area contributed by atoms with Gasteiger partial charge in [-0.25, -0.2) is 0 Å². The first kappa shape index (κ1) is 11.9. The first-order chi connectivity index (χ1) is 5.70. The number of carbonyl (C=O) groups is 1. The van der Waals surface area contributed by atoms with Crippen LogP contribution < -0.4 is 0 Å². The minimum absolute atomic E-state index is 0.0704. The van der Waals surface area contributed by atoms with Crippen molar-refractivity contribution in [2.45, 2.75) is 33.1 Å². The van der Waals surface area contributed by atoms with E-state index in [1.807, 2.05) is 6.92 Å². The molecule has 0 aromatic heterocycles. The van der Waals surface area contributed by atoms with Crippen molar-refractivity contribution >= 4 is 21.9 Å². The normalized spacial score (nSPS) is 12.6. The third-order valence-electron chi connectivity index (χ3n) is 1.75. The van der Waals surface area contributed by atoms with Crippen molar-refractivity contribution in [3.63, 3.8) is 0 Å². The summed E-state index contributed by atoms with van der Waals surface area (Å²) in [5, 5.41) is 1.01. The van der Waals surface area contributed by atoms with Crippen LogP contribution in [0.2, 0.25) is 0 Å². The van der Waals surface area contributed by atoms with E-state index in [0.29, 0.717) is 18.9 Å². The molecular formula is C9H17BrO2. The Kier molecular flexibility index (Phi) is 7.56. The summed E-state index contributed by atoms with van der Waals surface area (Å²) in [7, 11) is 0. The molecule has 1 atom stereocenters. The maximum absolute atomic E-state index is 10.9. The maximum Gasteiger partial charge on any atom is 0.305 e. The average molecular weight is 237 g/mol. The third-order valence-corrected chi connectivity index (χ3v) is 2.21. The number of hydrogen-bond acceptors (Lipinski definition) is 2. The third kappa shape index (κ3) is 6.65. The van der Waals surface area contributed by atoms with Gasteiger partial charge < -0.3 is 4.74 Å². The molecule has 0 amide bonds. The lowest BCUT2D eigenvalue weighted by molar-refractivity contribution is -0.143. The van der Waals surface area contributed by atoms with Crippen molar-refractivity contribution in [1.29, 1.82) is 0 Å². The molecule has 0 aromatic rings. The predicted octanol–water partition coefficient (Wildman–Crippen LogP) is 2.75. The van der Waals surface area contributed by atoms with Crippen molar-refractivity contribution in [1.82, 2.24) is 0 Å². The highest BCUT2D eigenvalue weighted by molar-refractivity contribution is 9.09. The van der Waals surface area contributed by atoms with Crippen LogP contribution in [0.5, 0.6) is 0 Å². The lowest BCUT2D eigenvalue weighted by Gasteiger charge is -2.07. The molecule has 0 aliphatic heterocycles. The van der Waals surface area contributed by atoms with E-state index in [4.69, 9.17) is 4.74 Å². The summed E-state index contributed by atoms with van der Waals surface area (Å²) in [5.41, 5.74) is 0. The number of carbonyl (C=O) groups excluding carboxylic acids is 1. The van der Waals surface area contributed by atoms with Gasteiger partial charge in [0.2, 0.25) is 0 Å². The number of hydrogen-bond donors (Lipinski definition) is 0. The molecule has 12 heavy (non-hydrogen) atoms. The fourth-order valence-electron chi connectivity index (χ4n) is 0.928. The van der Waals surface area contributed by atoms with E-state index >= 15 is 0 Å². The average Bonchev–Trinajstić information content (AvgIpc) is 2.02. The highest BCUT2D eigenvalue weighted by Gasteiger charge is 2.06. The minimum atomic E-state index is -0.0704. The van der Waals surface area contributed by atoms with Crippen LogP contribution in [0.15, 0.2) is 0 Å². The molecule has 0 spiro atoms. The summed E-state index contributed by atoms with van der Waals surface area (Å²) in [6.45, 7) is 4.48. The highest BCUT2D eigenvalue weighted by Crippen LogP contribution is 2.11. The standard InChI is InChI=1S/C9H17BrO2/c1-3-12-9(11)5-4-8(2)6-7-10/h8H,3-7H2,1-2H3. The van der Waals surface area contributed by atoms with Crippen molar-refractivity contribution in [2.75, 3.05) is 11.9 Å². The van der Waals surface area contributed by atoms with Gasteiger partial charge in [-0.3, -0.25) is 4.79 Å². The molecule has 0 radical (unpaired) electrons. The molecule has 0 saturated carbocycles. The van der Waals surface area contributed by atoms with Gasteiger partial charge in [0, 0.05) is 11.8 Å². The van der Waals surface area contributed by atoms with Crippen LogP contribution >= 0.6 is 15.9 Å². The van der Waals surface area contributed by atoms with Crippen LogP contribution in [0, 0.1) is 5.92 Å². The molecule has 0 aliphatic carbocycles. The van der Waals surface area contributed by atoms with Crippen LogP contribution in [0.1, 0.15) is 33.1 Å². The number of rotatable bonds is 6. The van der Waals surface area contributed by atoms with Gasteiger partial charge in [0.1, 0.15) is 0 Å². The summed E-state index contributed by atoms with van der Waals surface area (Å²) < 4.78 is 4.82. The van der Waals surface area contributed by atoms with Gasteiger partial charge in [0.05, 0.1) is 6.61 Å². The molecule has 72 valence electrons. The Labute approximate surface area is 82.8 Å². The molecule has 0 N–H and O–H groups in total. The quantitative estimate of drug-likeness (QED) is 0.524. The minimum Gasteiger partial charge on any atom is -0.466 e. The number of halogens is 1. The summed E-state index contributed by atoms with van der Waals surface area (Å²) in [6.07, 6.45) is 2.62. The molecule has 2 nitrogen and oxygen atoms in total. The van der Waals surface area contributed by atoms with E-state index in [9.17, 15) is 4.79 Å². The summed E-state index contributed by atoms with van der Waals surface area (Å²) in [5.74, 6) is 0.535. The Hall–Kier alpha value is -0.0500. The van der Waals surface area contributed by atoms with Crippen LogP contribution in [0.25, 0.3) is 0 Å². The Morgan fingerprint density at radius 3 is 2.67 bits per heavy atom. The lowest BCUT2D eigenvalue weighted by Crippen LogP contribution is -2.06.